The molecule has 1 heterocycles. The van der Waals surface area contributed by atoms with Gasteiger partial charge < -0.3 is 10.6 Å². The van der Waals surface area contributed by atoms with Crippen molar-refractivity contribution in [3.8, 4) is 0 Å². The van der Waals surface area contributed by atoms with E-state index in [1.54, 1.807) is 13.0 Å². The zero-order valence-electron chi connectivity index (χ0n) is 13.9. The van der Waals surface area contributed by atoms with Crippen molar-refractivity contribution in [2.75, 3.05) is 11.9 Å². The summed E-state index contributed by atoms with van der Waals surface area (Å²) in [6, 6.07) is 4.83. The van der Waals surface area contributed by atoms with Crippen molar-refractivity contribution in [3.05, 3.63) is 52.6 Å². The van der Waals surface area contributed by atoms with Crippen LogP contribution < -0.4 is 10.6 Å². The molecular weight excluding hydrogens is 317 g/mol. The van der Waals surface area contributed by atoms with E-state index in [1.807, 2.05) is 13.8 Å². The SMILES string of the molecule is C/C=C(/C(=O)Nc1cccc(C(F)(F)F)c1)C1=C(C)C(C)NCC1. The number of hydrogen-bond acceptors (Lipinski definition) is 2. The number of halogens is 3. The summed E-state index contributed by atoms with van der Waals surface area (Å²) >= 11 is 0. The largest absolute Gasteiger partial charge is 0.416 e. The van der Waals surface area contributed by atoms with E-state index in [2.05, 4.69) is 10.6 Å². The predicted octanol–water partition coefficient (Wildman–Crippen LogP) is 4.29. The standard InChI is InChI=1S/C18H21F3N2O/c1-4-15(16-8-9-22-12(3)11(16)2)17(24)23-14-7-5-6-13(10-14)18(19,20)21/h4-7,10,12,22H,8-9H2,1-3H3,(H,23,24)/b15-4+. The summed E-state index contributed by atoms with van der Waals surface area (Å²) in [4.78, 5) is 12.5. The molecule has 3 nitrogen and oxygen atoms in total. The second-order valence-electron chi connectivity index (χ2n) is 5.82. The van der Waals surface area contributed by atoms with Crippen molar-refractivity contribution < 1.29 is 18.0 Å². The number of alkyl halides is 3. The molecule has 1 unspecified atom stereocenters. The minimum absolute atomic E-state index is 0.134. The number of rotatable bonds is 3. The van der Waals surface area contributed by atoms with Gasteiger partial charge in [0, 0.05) is 17.3 Å². The molecule has 0 saturated heterocycles. The third-order valence-corrected chi connectivity index (χ3v) is 4.26. The average Bonchev–Trinajstić information content (AvgIpc) is 2.51. The zero-order valence-corrected chi connectivity index (χ0v) is 13.9. The van der Waals surface area contributed by atoms with Crippen LogP contribution in [-0.4, -0.2) is 18.5 Å². The Morgan fingerprint density at radius 1 is 1.38 bits per heavy atom. The van der Waals surface area contributed by atoms with Gasteiger partial charge in [0.05, 0.1) is 5.56 Å². The van der Waals surface area contributed by atoms with Gasteiger partial charge in [0.2, 0.25) is 0 Å². The average molecular weight is 338 g/mol. The summed E-state index contributed by atoms with van der Waals surface area (Å²) in [5.41, 5.74) is 1.89. The molecule has 0 spiro atoms. The molecule has 24 heavy (non-hydrogen) atoms. The minimum atomic E-state index is -4.44. The lowest BCUT2D eigenvalue weighted by Crippen LogP contribution is -2.34. The fourth-order valence-electron chi connectivity index (χ4n) is 2.79. The summed E-state index contributed by atoms with van der Waals surface area (Å²) in [7, 11) is 0. The quantitative estimate of drug-likeness (QED) is 0.807. The third-order valence-electron chi connectivity index (χ3n) is 4.26. The van der Waals surface area contributed by atoms with Gasteiger partial charge in [-0.3, -0.25) is 4.79 Å². The van der Waals surface area contributed by atoms with Crippen LogP contribution in [-0.2, 0) is 11.0 Å². The van der Waals surface area contributed by atoms with Gasteiger partial charge in [-0.1, -0.05) is 17.7 Å². The number of anilines is 1. The van der Waals surface area contributed by atoms with Gasteiger partial charge >= 0.3 is 6.18 Å². The Labute approximate surface area is 139 Å². The Morgan fingerprint density at radius 2 is 2.08 bits per heavy atom. The van der Waals surface area contributed by atoms with E-state index in [9.17, 15) is 18.0 Å². The summed E-state index contributed by atoms with van der Waals surface area (Å²) in [5, 5.41) is 5.89. The number of carbonyl (C=O) groups excluding carboxylic acids is 1. The number of benzene rings is 1. The topological polar surface area (TPSA) is 41.1 Å². The lowest BCUT2D eigenvalue weighted by Gasteiger charge is -2.26. The first-order chi connectivity index (χ1) is 11.2. The maximum absolute atomic E-state index is 12.8. The first-order valence-electron chi connectivity index (χ1n) is 7.82. The van der Waals surface area contributed by atoms with Crippen LogP contribution >= 0.6 is 0 Å². The van der Waals surface area contributed by atoms with Gasteiger partial charge in [-0.15, -0.1) is 0 Å². The molecule has 1 aliphatic heterocycles. The van der Waals surface area contributed by atoms with E-state index in [0.717, 1.165) is 29.8 Å². The monoisotopic (exact) mass is 338 g/mol. The summed E-state index contributed by atoms with van der Waals surface area (Å²) in [5.74, 6) is -0.389. The molecule has 0 radical (unpaired) electrons. The number of nitrogens with one attached hydrogen (secondary N) is 2. The van der Waals surface area contributed by atoms with Crippen molar-refractivity contribution in [3.63, 3.8) is 0 Å². The molecule has 130 valence electrons. The van der Waals surface area contributed by atoms with E-state index in [0.29, 0.717) is 12.0 Å². The molecule has 1 aromatic rings. The van der Waals surface area contributed by atoms with Crippen LogP contribution in [0.5, 0.6) is 0 Å². The highest BCUT2D eigenvalue weighted by Gasteiger charge is 2.30. The summed E-state index contributed by atoms with van der Waals surface area (Å²) in [6.07, 6.45) is -2.01. The Balaban J connectivity index is 2.24. The second kappa shape index (κ2) is 7.21. The number of allylic oxidation sites excluding steroid dienone is 1. The highest BCUT2D eigenvalue weighted by molar-refractivity contribution is 6.07. The molecule has 6 heteroatoms. The van der Waals surface area contributed by atoms with E-state index < -0.39 is 11.7 Å². The van der Waals surface area contributed by atoms with Gasteiger partial charge in [0.1, 0.15) is 0 Å². The Bertz CT molecular complexity index is 690. The molecule has 0 aromatic heterocycles. The third kappa shape index (κ3) is 4.06. The molecule has 2 rings (SSSR count). The fourth-order valence-corrected chi connectivity index (χ4v) is 2.79. The molecule has 2 N–H and O–H groups in total. The van der Waals surface area contributed by atoms with Gasteiger partial charge in [-0.2, -0.15) is 13.2 Å². The van der Waals surface area contributed by atoms with Crippen molar-refractivity contribution in [1.82, 2.24) is 5.32 Å². The van der Waals surface area contributed by atoms with Crippen molar-refractivity contribution >= 4 is 11.6 Å². The second-order valence-corrected chi connectivity index (χ2v) is 5.82. The molecule has 0 aliphatic carbocycles. The van der Waals surface area contributed by atoms with Gasteiger partial charge in [0.25, 0.3) is 5.91 Å². The highest BCUT2D eigenvalue weighted by Crippen LogP contribution is 2.31. The highest BCUT2D eigenvalue weighted by atomic mass is 19.4. The van der Waals surface area contributed by atoms with E-state index in [1.165, 1.54) is 12.1 Å². The molecule has 1 aliphatic rings. The van der Waals surface area contributed by atoms with Gasteiger partial charge in [0.15, 0.2) is 0 Å². The Hall–Kier alpha value is -2.08. The van der Waals surface area contributed by atoms with Crippen LogP contribution in [0.25, 0.3) is 0 Å². The first-order valence-corrected chi connectivity index (χ1v) is 7.82. The van der Waals surface area contributed by atoms with Crippen LogP contribution in [0.1, 0.15) is 32.8 Å². The number of amides is 1. The van der Waals surface area contributed by atoms with Crippen LogP contribution in [0.2, 0.25) is 0 Å². The van der Waals surface area contributed by atoms with Crippen LogP contribution in [0.3, 0.4) is 0 Å². The van der Waals surface area contributed by atoms with Gasteiger partial charge in [-0.25, -0.2) is 0 Å². The molecule has 0 bridgehead atoms. The van der Waals surface area contributed by atoms with E-state index in [4.69, 9.17) is 0 Å². The Kier molecular flexibility index (Phi) is 5.49. The van der Waals surface area contributed by atoms with Crippen molar-refractivity contribution in [2.45, 2.75) is 39.4 Å². The number of carbonyl (C=O) groups is 1. The maximum atomic E-state index is 12.8. The zero-order chi connectivity index (χ0) is 17.9. The lowest BCUT2D eigenvalue weighted by atomic mass is 9.90. The van der Waals surface area contributed by atoms with Crippen molar-refractivity contribution in [1.29, 1.82) is 0 Å². The van der Waals surface area contributed by atoms with Crippen molar-refractivity contribution in [2.24, 2.45) is 0 Å². The van der Waals surface area contributed by atoms with Crippen LogP contribution in [0.15, 0.2) is 47.1 Å². The van der Waals surface area contributed by atoms with E-state index >= 15 is 0 Å². The summed E-state index contributed by atoms with van der Waals surface area (Å²) < 4.78 is 38.3. The molecule has 0 saturated carbocycles. The minimum Gasteiger partial charge on any atom is -0.322 e. The maximum Gasteiger partial charge on any atom is 0.416 e. The smallest absolute Gasteiger partial charge is 0.322 e. The van der Waals surface area contributed by atoms with Crippen LogP contribution in [0.4, 0.5) is 18.9 Å². The predicted molar refractivity (Wildman–Crippen MR) is 88.6 cm³/mol. The number of hydrogen-bond donors (Lipinski definition) is 2. The first kappa shape index (κ1) is 18.3. The summed E-state index contributed by atoms with van der Waals surface area (Å²) in [6.45, 7) is 6.51. The molecular formula is C18H21F3N2O. The fraction of sp³-hybridized carbons (Fsp3) is 0.389. The molecule has 1 atom stereocenters. The Morgan fingerprint density at radius 3 is 2.71 bits per heavy atom. The van der Waals surface area contributed by atoms with Crippen LogP contribution in [0, 0.1) is 0 Å². The molecule has 0 fully saturated rings. The van der Waals surface area contributed by atoms with Gasteiger partial charge in [-0.05, 0) is 57.5 Å². The molecule has 1 amide bonds. The normalized spacial score (nSPS) is 19.4. The lowest BCUT2D eigenvalue weighted by molar-refractivity contribution is -0.137. The van der Waals surface area contributed by atoms with E-state index in [-0.39, 0.29) is 17.6 Å². The molecule has 1 aromatic carbocycles.